The fourth-order valence-corrected chi connectivity index (χ4v) is 3.63. The second kappa shape index (κ2) is 13.0. The van der Waals surface area contributed by atoms with Gasteiger partial charge in [-0.1, -0.05) is 53.5 Å². The van der Waals surface area contributed by atoms with Gasteiger partial charge >= 0.3 is 0 Å². The van der Waals surface area contributed by atoms with Gasteiger partial charge in [-0.25, -0.2) is 5.43 Å². The molecule has 0 radical (unpaired) electrons. The van der Waals surface area contributed by atoms with Crippen molar-refractivity contribution in [3.8, 4) is 17.2 Å². The lowest BCUT2D eigenvalue weighted by atomic mass is 10.2. The molecular weight excluding hydrogens is 511 g/mol. The summed E-state index contributed by atoms with van der Waals surface area (Å²) in [5.41, 5.74) is 4.33. The molecule has 0 fully saturated rings. The molecule has 0 spiro atoms. The minimum absolute atomic E-state index is 0.236. The van der Waals surface area contributed by atoms with E-state index in [1.54, 1.807) is 60.7 Å². The Kier molecular flexibility index (Phi) is 9.85. The molecule has 0 unspecified atom stereocenters. The van der Waals surface area contributed by atoms with Gasteiger partial charge in [0, 0.05) is 21.2 Å². The highest BCUT2D eigenvalue weighted by Gasteiger charge is 2.11. The molecule has 3 aromatic carbocycles. The van der Waals surface area contributed by atoms with Crippen molar-refractivity contribution in [3.63, 3.8) is 0 Å². The van der Waals surface area contributed by atoms with E-state index < -0.39 is 5.91 Å². The number of halogens is 3. The van der Waals surface area contributed by atoms with E-state index in [1.807, 2.05) is 6.92 Å². The SMILES string of the molecule is C=CCOc1ccc(C(=O)N/N=C/c2ccc(OCc3ccc(Cl)cc3Cl)c(Cl)c2)cc1OCC. The van der Waals surface area contributed by atoms with Crippen LogP contribution in [0.1, 0.15) is 28.4 Å². The fourth-order valence-electron chi connectivity index (χ4n) is 2.92. The number of ether oxygens (including phenoxy) is 3. The van der Waals surface area contributed by atoms with E-state index in [-0.39, 0.29) is 6.61 Å². The second-order valence-electron chi connectivity index (χ2n) is 7.11. The molecule has 9 heteroatoms. The number of hydrogen-bond acceptors (Lipinski definition) is 5. The Morgan fingerprint density at radius 1 is 0.943 bits per heavy atom. The number of carbonyl (C=O) groups excluding carboxylic acids is 1. The smallest absolute Gasteiger partial charge is 0.271 e. The summed E-state index contributed by atoms with van der Waals surface area (Å²) < 4.78 is 16.9. The number of benzene rings is 3. The van der Waals surface area contributed by atoms with Crippen LogP contribution in [0, 0.1) is 0 Å². The maximum atomic E-state index is 12.5. The highest BCUT2D eigenvalue weighted by atomic mass is 35.5. The summed E-state index contributed by atoms with van der Waals surface area (Å²) >= 11 is 18.4. The van der Waals surface area contributed by atoms with Crippen LogP contribution < -0.4 is 19.6 Å². The van der Waals surface area contributed by atoms with Crippen molar-refractivity contribution in [2.24, 2.45) is 5.10 Å². The Morgan fingerprint density at radius 2 is 1.74 bits per heavy atom. The molecule has 3 aromatic rings. The summed E-state index contributed by atoms with van der Waals surface area (Å²) in [6.07, 6.45) is 3.11. The van der Waals surface area contributed by atoms with Gasteiger partial charge < -0.3 is 14.2 Å². The topological polar surface area (TPSA) is 69.2 Å². The second-order valence-corrected chi connectivity index (χ2v) is 8.36. The van der Waals surface area contributed by atoms with Crippen LogP contribution in [-0.4, -0.2) is 25.3 Å². The van der Waals surface area contributed by atoms with Gasteiger partial charge in [0.2, 0.25) is 0 Å². The molecule has 0 atom stereocenters. The first kappa shape index (κ1) is 26.4. The van der Waals surface area contributed by atoms with Gasteiger partial charge in [0.05, 0.1) is 17.8 Å². The predicted molar refractivity (Wildman–Crippen MR) is 141 cm³/mol. The summed E-state index contributed by atoms with van der Waals surface area (Å²) in [4.78, 5) is 12.5. The van der Waals surface area contributed by atoms with Crippen LogP contribution in [0.4, 0.5) is 0 Å². The lowest BCUT2D eigenvalue weighted by Crippen LogP contribution is -2.17. The molecular formula is C26H23Cl3N2O4. The van der Waals surface area contributed by atoms with Crippen molar-refractivity contribution in [2.75, 3.05) is 13.2 Å². The minimum atomic E-state index is -0.400. The number of rotatable bonds is 11. The lowest BCUT2D eigenvalue weighted by molar-refractivity contribution is 0.0954. The predicted octanol–water partition coefficient (Wildman–Crippen LogP) is 6.95. The molecule has 3 rings (SSSR count). The standard InChI is InChI=1S/C26H23Cl3N2O4/c1-3-11-34-24-10-7-18(13-25(24)33-4-2)26(32)31-30-15-17-5-9-23(22(29)12-17)35-16-19-6-8-20(27)14-21(19)28/h3,5-10,12-15H,1,4,11,16H2,2H3,(H,31,32)/b30-15+. The van der Waals surface area contributed by atoms with E-state index >= 15 is 0 Å². The Morgan fingerprint density at radius 3 is 2.46 bits per heavy atom. The maximum absolute atomic E-state index is 12.5. The molecule has 0 aliphatic carbocycles. The van der Waals surface area contributed by atoms with Gasteiger partial charge in [-0.3, -0.25) is 4.79 Å². The minimum Gasteiger partial charge on any atom is -0.490 e. The average molecular weight is 534 g/mol. The van der Waals surface area contributed by atoms with Crippen molar-refractivity contribution >= 4 is 46.9 Å². The van der Waals surface area contributed by atoms with E-state index in [2.05, 4.69) is 17.1 Å². The highest BCUT2D eigenvalue weighted by molar-refractivity contribution is 6.35. The summed E-state index contributed by atoms with van der Waals surface area (Å²) in [6, 6.07) is 15.2. The van der Waals surface area contributed by atoms with E-state index in [0.29, 0.717) is 56.7 Å². The number of hydrazone groups is 1. The number of nitrogens with zero attached hydrogens (tertiary/aromatic N) is 1. The lowest BCUT2D eigenvalue weighted by Gasteiger charge is -2.12. The first-order valence-electron chi connectivity index (χ1n) is 10.6. The Bertz CT molecular complexity index is 1230. The Balaban J connectivity index is 1.60. The summed E-state index contributed by atoms with van der Waals surface area (Å²) in [6.45, 7) is 6.47. The van der Waals surface area contributed by atoms with E-state index in [9.17, 15) is 4.79 Å². The van der Waals surface area contributed by atoms with Crippen molar-refractivity contribution in [1.29, 1.82) is 0 Å². The van der Waals surface area contributed by atoms with Crippen LogP contribution in [0.25, 0.3) is 0 Å². The molecule has 0 heterocycles. The average Bonchev–Trinajstić information content (AvgIpc) is 2.83. The molecule has 6 nitrogen and oxygen atoms in total. The molecule has 0 saturated heterocycles. The molecule has 0 aliphatic heterocycles. The van der Waals surface area contributed by atoms with Gasteiger partial charge in [0.1, 0.15) is 19.0 Å². The molecule has 35 heavy (non-hydrogen) atoms. The van der Waals surface area contributed by atoms with Crippen LogP contribution in [0.3, 0.4) is 0 Å². The zero-order chi connectivity index (χ0) is 25.2. The molecule has 0 aliphatic rings. The molecule has 1 N–H and O–H groups in total. The first-order chi connectivity index (χ1) is 16.9. The van der Waals surface area contributed by atoms with Crippen LogP contribution in [0.15, 0.2) is 72.4 Å². The van der Waals surface area contributed by atoms with Gasteiger partial charge in [-0.05, 0) is 61.0 Å². The summed E-state index contributed by atoms with van der Waals surface area (Å²) in [7, 11) is 0. The number of amides is 1. The largest absolute Gasteiger partial charge is 0.490 e. The fraction of sp³-hybridized carbons (Fsp3) is 0.154. The van der Waals surface area contributed by atoms with Gasteiger partial charge in [-0.2, -0.15) is 5.10 Å². The maximum Gasteiger partial charge on any atom is 0.271 e. The summed E-state index contributed by atoms with van der Waals surface area (Å²) in [5, 5.41) is 5.47. The third-order valence-corrected chi connectivity index (χ3v) is 5.48. The van der Waals surface area contributed by atoms with Crippen LogP contribution in [0.5, 0.6) is 17.2 Å². The molecule has 0 saturated carbocycles. The van der Waals surface area contributed by atoms with E-state index in [0.717, 1.165) is 5.56 Å². The van der Waals surface area contributed by atoms with Crippen LogP contribution in [-0.2, 0) is 6.61 Å². The number of hydrogen-bond donors (Lipinski definition) is 1. The quantitative estimate of drug-likeness (QED) is 0.164. The molecule has 182 valence electrons. The van der Waals surface area contributed by atoms with Crippen molar-refractivity contribution in [1.82, 2.24) is 5.43 Å². The van der Waals surface area contributed by atoms with E-state index in [4.69, 9.17) is 49.0 Å². The number of nitrogens with one attached hydrogen (secondary N) is 1. The van der Waals surface area contributed by atoms with Crippen molar-refractivity contribution in [3.05, 3.63) is 99.0 Å². The van der Waals surface area contributed by atoms with Crippen molar-refractivity contribution in [2.45, 2.75) is 13.5 Å². The Hall–Kier alpha value is -3.19. The van der Waals surface area contributed by atoms with E-state index in [1.165, 1.54) is 6.21 Å². The van der Waals surface area contributed by atoms with Crippen LogP contribution in [0.2, 0.25) is 15.1 Å². The molecule has 1 amide bonds. The van der Waals surface area contributed by atoms with Crippen molar-refractivity contribution < 1.29 is 19.0 Å². The van der Waals surface area contributed by atoms with Crippen LogP contribution >= 0.6 is 34.8 Å². The Labute approximate surface area is 219 Å². The number of carbonyl (C=O) groups is 1. The van der Waals surface area contributed by atoms with Gasteiger partial charge in [-0.15, -0.1) is 0 Å². The van der Waals surface area contributed by atoms with Gasteiger partial charge in [0.15, 0.2) is 11.5 Å². The zero-order valence-corrected chi connectivity index (χ0v) is 21.2. The monoisotopic (exact) mass is 532 g/mol. The normalized spacial score (nSPS) is 10.7. The third kappa shape index (κ3) is 7.65. The highest BCUT2D eigenvalue weighted by Crippen LogP contribution is 2.29. The van der Waals surface area contributed by atoms with Gasteiger partial charge in [0.25, 0.3) is 5.91 Å². The third-order valence-electron chi connectivity index (χ3n) is 4.60. The molecule has 0 bridgehead atoms. The summed E-state index contributed by atoms with van der Waals surface area (Å²) in [5.74, 6) is 1.08. The molecule has 0 aromatic heterocycles. The zero-order valence-electron chi connectivity index (χ0n) is 18.9. The first-order valence-corrected chi connectivity index (χ1v) is 11.7.